The Balaban J connectivity index is 1.74. The van der Waals surface area contributed by atoms with Gasteiger partial charge in [-0.05, 0) is 55.0 Å². The van der Waals surface area contributed by atoms with Crippen molar-refractivity contribution in [2.45, 2.75) is 41.9 Å². The van der Waals surface area contributed by atoms with Crippen LogP contribution in [-0.4, -0.2) is 43.8 Å². The van der Waals surface area contributed by atoms with Crippen molar-refractivity contribution in [2.75, 3.05) is 13.2 Å². The SMILES string of the molecule is O=C(N[C@H]1CCOC1)c1c(O)c(CS(=O)(=O)c2cc(Br)ccc2O)cc(C2CC2)c1F. The van der Waals surface area contributed by atoms with Gasteiger partial charge in [-0.1, -0.05) is 15.9 Å². The Morgan fingerprint density at radius 3 is 2.61 bits per heavy atom. The molecule has 0 spiro atoms. The van der Waals surface area contributed by atoms with Crippen LogP contribution in [0.4, 0.5) is 4.39 Å². The minimum absolute atomic E-state index is 0.0875. The van der Waals surface area contributed by atoms with Gasteiger partial charge in [0.05, 0.1) is 18.4 Å². The topological polar surface area (TPSA) is 113 Å². The van der Waals surface area contributed by atoms with Gasteiger partial charge in [-0.25, -0.2) is 12.8 Å². The Kier molecular flexibility index (Phi) is 5.97. The van der Waals surface area contributed by atoms with E-state index in [4.69, 9.17) is 4.74 Å². The summed E-state index contributed by atoms with van der Waals surface area (Å²) in [6, 6.07) is 4.98. The number of phenols is 2. The molecule has 1 aliphatic heterocycles. The Bertz CT molecular complexity index is 1140. The normalized spacial score (nSPS) is 18.8. The van der Waals surface area contributed by atoms with Crippen molar-refractivity contribution in [3.63, 3.8) is 0 Å². The van der Waals surface area contributed by atoms with E-state index in [1.165, 1.54) is 24.3 Å². The summed E-state index contributed by atoms with van der Waals surface area (Å²) < 4.78 is 46.7. The molecular weight excluding hydrogens is 493 g/mol. The van der Waals surface area contributed by atoms with E-state index in [9.17, 15) is 23.4 Å². The number of ether oxygens (including phenoxy) is 1. The maximum absolute atomic E-state index is 15.2. The van der Waals surface area contributed by atoms with Gasteiger partial charge in [-0.3, -0.25) is 4.79 Å². The molecule has 1 saturated heterocycles. The highest BCUT2D eigenvalue weighted by Gasteiger charge is 2.34. The molecule has 0 bridgehead atoms. The summed E-state index contributed by atoms with van der Waals surface area (Å²) in [6.07, 6.45) is 2.01. The third-order valence-electron chi connectivity index (χ3n) is 5.46. The molecule has 0 radical (unpaired) electrons. The van der Waals surface area contributed by atoms with Crippen LogP contribution in [0.25, 0.3) is 0 Å². The number of sulfone groups is 1. The molecule has 2 aliphatic rings. The number of phenolic OH excluding ortho intramolecular Hbond substituents is 2. The van der Waals surface area contributed by atoms with E-state index in [0.29, 0.717) is 24.1 Å². The summed E-state index contributed by atoms with van der Waals surface area (Å²) >= 11 is 3.17. The predicted molar refractivity (Wildman–Crippen MR) is 113 cm³/mol. The van der Waals surface area contributed by atoms with E-state index < -0.39 is 44.4 Å². The molecule has 4 rings (SSSR count). The minimum Gasteiger partial charge on any atom is -0.507 e. The fraction of sp³-hybridized carbons (Fsp3) is 0.381. The van der Waals surface area contributed by atoms with Gasteiger partial charge in [0, 0.05) is 16.6 Å². The Hall–Kier alpha value is -2.17. The average Bonchev–Trinajstić information content (AvgIpc) is 3.42. The molecule has 10 heteroatoms. The van der Waals surface area contributed by atoms with Crippen LogP contribution in [0.15, 0.2) is 33.6 Å². The molecular formula is C21H21BrFNO6S. The Morgan fingerprint density at radius 1 is 1.23 bits per heavy atom. The van der Waals surface area contributed by atoms with Crippen LogP contribution in [0.3, 0.4) is 0 Å². The molecule has 2 aromatic rings. The van der Waals surface area contributed by atoms with Gasteiger partial charge in [-0.2, -0.15) is 0 Å². The van der Waals surface area contributed by atoms with Crippen molar-refractivity contribution < 1.29 is 32.6 Å². The van der Waals surface area contributed by atoms with E-state index in [0.717, 1.165) is 12.8 Å². The first-order valence-corrected chi connectivity index (χ1v) is 12.3. The van der Waals surface area contributed by atoms with Crippen molar-refractivity contribution in [1.29, 1.82) is 0 Å². The highest BCUT2D eigenvalue weighted by molar-refractivity contribution is 9.10. The van der Waals surface area contributed by atoms with Crippen LogP contribution < -0.4 is 5.32 Å². The number of rotatable bonds is 6. The third-order valence-corrected chi connectivity index (χ3v) is 7.64. The van der Waals surface area contributed by atoms with Crippen molar-refractivity contribution in [3.8, 4) is 11.5 Å². The lowest BCUT2D eigenvalue weighted by Gasteiger charge is -2.17. The van der Waals surface area contributed by atoms with Crippen LogP contribution >= 0.6 is 15.9 Å². The zero-order valence-electron chi connectivity index (χ0n) is 16.4. The number of halogens is 2. The van der Waals surface area contributed by atoms with E-state index in [1.807, 2.05) is 0 Å². The van der Waals surface area contributed by atoms with Crippen molar-refractivity contribution in [2.24, 2.45) is 0 Å². The Labute approximate surface area is 187 Å². The van der Waals surface area contributed by atoms with E-state index in [1.54, 1.807) is 0 Å². The molecule has 1 aliphatic carbocycles. The van der Waals surface area contributed by atoms with E-state index in [-0.39, 0.29) is 28.0 Å². The van der Waals surface area contributed by atoms with Crippen molar-refractivity contribution in [1.82, 2.24) is 5.32 Å². The standard InChI is InChI=1S/C21H21BrFNO6S/c22-13-3-4-16(25)17(8-13)31(28,29)10-12-7-15(11-1-2-11)19(23)18(20(12)26)21(27)24-14-5-6-30-9-14/h3-4,7-8,11,14,25-26H,1-2,5-6,9-10H2,(H,24,27)/t14-/m0/s1. The molecule has 1 heterocycles. The molecule has 7 nitrogen and oxygen atoms in total. The first-order chi connectivity index (χ1) is 14.7. The summed E-state index contributed by atoms with van der Waals surface area (Å²) in [5, 5.41) is 23.4. The number of carbonyl (C=O) groups excluding carboxylic acids is 1. The molecule has 166 valence electrons. The molecule has 0 aromatic heterocycles. The number of carbonyl (C=O) groups is 1. The van der Waals surface area contributed by atoms with Gasteiger partial charge in [0.1, 0.15) is 27.8 Å². The van der Waals surface area contributed by atoms with E-state index in [2.05, 4.69) is 21.2 Å². The average molecular weight is 514 g/mol. The number of hydrogen-bond acceptors (Lipinski definition) is 6. The lowest BCUT2D eigenvalue weighted by Crippen LogP contribution is -2.35. The molecule has 1 saturated carbocycles. The van der Waals surface area contributed by atoms with Crippen LogP contribution in [0.2, 0.25) is 0 Å². The fourth-order valence-corrected chi connectivity index (χ4v) is 5.65. The number of aromatic hydroxyl groups is 2. The summed E-state index contributed by atoms with van der Waals surface area (Å²) in [7, 11) is -4.10. The highest BCUT2D eigenvalue weighted by Crippen LogP contribution is 2.45. The molecule has 1 amide bonds. The van der Waals surface area contributed by atoms with Crippen LogP contribution in [0.5, 0.6) is 11.5 Å². The molecule has 2 aromatic carbocycles. The summed E-state index contributed by atoms with van der Waals surface area (Å²) in [5.74, 6) is -3.61. The molecule has 31 heavy (non-hydrogen) atoms. The molecule has 2 fully saturated rings. The van der Waals surface area contributed by atoms with Crippen LogP contribution in [0.1, 0.15) is 46.7 Å². The smallest absolute Gasteiger partial charge is 0.258 e. The minimum atomic E-state index is -4.10. The molecule has 3 N–H and O–H groups in total. The van der Waals surface area contributed by atoms with Gasteiger partial charge >= 0.3 is 0 Å². The van der Waals surface area contributed by atoms with Gasteiger partial charge in [0.15, 0.2) is 9.84 Å². The maximum atomic E-state index is 15.2. The second-order valence-corrected chi connectivity index (χ2v) is 10.7. The van der Waals surface area contributed by atoms with Crippen molar-refractivity contribution in [3.05, 3.63) is 51.2 Å². The zero-order valence-corrected chi connectivity index (χ0v) is 18.8. The number of hydrogen-bond donors (Lipinski definition) is 3. The van der Waals surface area contributed by atoms with E-state index >= 15 is 4.39 Å². The van der Waals surface area contributed by atoms with Crippen molar-refractivity contribution >= 4 is 31.7 Å². The lowest BCUT2D eigenvalue weighted by molar-refractivity contribution is 0.0922. The van der Waals surface area contributed by atoms with Gasteiger partial charge in [0.2, 0.25) is 0 Å². The molecule has 0 unspecified atom stereocenters. The number of benzene rings is 2. The molecule has 1 atom stereocenters. The largest absolute Gasteiger partial charge is 0.507 e. The summed E-state index contributed by atoms with van der Waals surface area (Å²) in [4.78, 5) is 12.4. The number of nitrogens with one attached hydrogen (secondary N) is 1. The monoisotopic (exact) mass is 513 g/mol. The predicted octanol–water partition coefficient (Wildman–Crippen LogP) is 3.37. The fourth-order valence-electron chi connectivity index (χ4n) is 3.66. The Morgan fingerprint density at radius 2 is 1.97 bits per heavy atom. The van der Waals surface area contributed by atoms with Crippen LogP contribution in [-0.2, 0) is 20.3 Å². The lowest BCUT2D eigenvalue weighted by atomic mass is 9.99. The first-order valence-electron chi connectivity index (χ1n) is 9.81. The number of amides is 1. The van der Waals surface area contributed by atoms with Gasteiger partial charge < -0.3 is 20.3 Å². The van der Waals surface area contributed by atoms with Gasteiger partial charge in [-0.15, -0.1) is 0 Å². The second kappa shape index (κ2) is 8.40. The second-order valence-electron chi connectivity index (χ2n) is 7.84. The van der Waals surface area contributed by atoms with Crippen LogP contribution in [0, 0.1) is 5.82 Å². The highest BCUT2D eigenvalue weighted by atomic mass is 79.9. The summed E-state index contributed by atoms with van der Waals surface area (Å²) in [5.41, 5.74) is -0.426. The quantitative estimate of drug-likeness (QED) is 0.545. The van der Waals surface area contributed by atoms with Gasteiger partial charge in [0.25, 0.3) is 5.91 Å². The summed E-state index contributed by atoms with van der Waals surface area (Å²) in [6.45, 7) is 0.765. The zero-order chi connectivity index (χ0) is 22.3. The third kappa shape index (κ3) is 4.56. The first kappa shape index (κ1) is 22.0. The maximum Gasteiger partial charge on any atom is 0.258 e.